The molecule has 0 aliphatic heterocycles. The van der Waals surface area contributed by atoms with Crippen molar-refractivity contribution in [2.45, 2.75) is 17.1 Å². The van der Waals surface area contributed by atoms with E-state index < -0.39 is 17.1 Å². The Morgan fingerprint density at radius 2 is 1.31 bits per heavy atom. The summed E-state index contributed by atoms with van der Waals surface area (Å²) in [6.07, 6.45) is 1.56. The van der Waals surface area contributed by atoms with Crippen LogP contribution in [-0.4, -0.2) is 30.7 Å². The first-order valence-electron chi connectivity index (χ1n) is 15.3. The molecule has 0 saturated heterocycles. The van der Waals surface area contributed by atoms with Crippen LogP contribution in [0.3, 0.4) is 0 Å². The number of anilines is 3. The number of methoxy groups -OCH3 is 1. The van der Waals surface area contributed by atoms with E-state index in [0.717, 1.165) is 10.5 Å². The third-order valence-corrected chi connectivity index (χ3v) is 8.37. The van der Waals surface area contributed by atoms with Crippen LogP contribution in [0.2, 0.25) is 0 Å². The van der Waals surface area contributed by atoms with E-state index in [9.17, 15) is 19.2 Å². The second-order valence-electron chi connectivity index (χ2n) is 10.8. The lowest BCUT2D eigenvalue weighted by Gasteiger charge is -2.18. The van der Waals surface area contributed by atoms with Crippen molar-refractivity contribution in [1.82, 2.24) is 5.32 Å². The van der Waals surface area contributed by atoms with Crippen molar-refractivity contribution in [2.75, 3.05) is 23.1 Å². The van der Waals surface area contributed by atoms with E-state index in [1.54, 1.807) is 91.0 Å². The second-order valence-corrected chi connectivity index (χ2v) is 11.9. The molecule has 1 unspecified atom stereocenters. The highest BCUT2D eigenvalue weighted by atomic mass is 32.2. The highest BCUT2D eigenvalue weighted by Crippen LogP contribution is 2.37. The summed E-state index contributed by atoms with van der Waals surface area (Å²) in [6, 6.07) is 39.2. The monoisotopic (exact) mass is 670 g/mol. The SMILES string of the molecule is COc1ccccc1/C=C(/NC(=O)c1ccccc1)C(=O)Nc1cccc(SC(C(=O)Nc2ccc(NC(C)=O)cc2)c2ccccc2)c1. The van der Waals surface area contributed by atoms with E-state index in [4.69, 9.17) is 4.74 Å². The molecular weight excluding hydrogens is 637 g/mol. The molecular formula is C39H34N4O5S. The molecule has 4 N–H and O–H groups in total. The van der Waals surface area contributed by atoms with Crippen LogP contribution in [0.25, 0.3) is 6.08 Å². The molecule has 0 aliphatic rings. The standard InChI is InChI=1S/C39H34N4O5S/c1-26(44)40-30-20-22-31(23-21-30)41-39(47)36(27-12-5-3-6-13-27)49-33-18-11-17-32(25-33)42-38(46)34(24-29-16-9-10-19-35(29)48-2)43-37(45)28-14-7-4-8-15-28/h3-25,36H,1-2H3,(H,40,44)(H,41,47)(H,42,46)(H,43,45)/b34-24+. The van der Waals surface area contributed by atoms with Crippen molar-refractivity contribution in [3.8, 4) is 5.75 Å². The van der Waals surface area contributed by atoms with E-state index in [2.05, 4.69) is 21.3 Å². The summed E-state index contributed by atoms with van der Waals surface area (Å²) in [6.45, 7) is 1.43. The molecule has 5 aromatic carbocycles. The number of thioether (sulfide) groups is 1. The highest BCUT2D eigenvalue weighted by molar-refractivity contribution is 8.00. The third-order valence-electron chi connectivity index (χ3n) is 7.13. The Labute approximate surface area is 288 Å². The maximum absolute atomic E-state index is 13.7. The first-order chi connectivity index (χ1) is 23.8. The minimum absolute atomic E-state index is 0.0162. The summed E-state index contributed by atoms with van der Waals surface area (Å²) in [4.78, 5) is 52.6. The van der Waals surface area contributed by atoms with Gasteiger partial charge in [-0.1, -0.05) is 72.8 Å². The lowest BCUT2D eigenvalue weighted by atomic mass is 10.1. The molecule has 0 bridgehead atoms. The molecule has 246 valence electrons. The Bertz CT molecular complexity index is 1970. The van der Waals surface area contributed by atoms with Gasteiger partial charge in [0.15, 0.2) is 0 Å². The van der Waals surface area contributed by atoms with Gasteiger partial charge in [0.2, 0.25) is 11.8 Å². The van der Waals surface area contributed by atoms with Gasteiger partial charge in [0, 0.05) is 40.0 Å². The first-order valence-corrected chi connectivity index (χ1v) is 16.2. The minimum atomic E-state index is -0.631. The molecule has 4 amide bonds. The molecule has 0 aliphatic carbocycles. The smallest absolute Gasteiger partial charge is 0.272 e. The van der Waals surface area contributed by atoms with Crippen molar-refractivity contribution in [3.05, 3.63) is 156 Å². The molecule has 0 heterocycles. The van der Waals surface area contributed by atoms with E-state index in [1.165, 1.54) is 25.8 Å². The van der Waals surface area contributed by atoms with E-state index in [1.807, 2.05) is 48.5 Å². The van der Waals surface area contributed by atoms with Crippen LogP contribution in [0.1, 0.15) is 33.7 Å². The Morgan fingerprint density at radius 3 is 1.98 bits per heavy atom. The minimum Gasteiger partial charge on any atom is -0.496 e. The van der Waals surface area contributed by atoms with Gasteiger partial charge in [-0.2, -0.15) is 0 Å². The van der Waals surface area contributed by atoms with Crippen LogP contribution in [-0.2, 0) is 14.4 Å². The lowest BCUT2D eigenvalue weighted by molar-refractivity contribution is -0.116. The number of benzene rings is 5. The number of ether oxygens (including phenoxy) is 1. The summed E-state index contributed by atoms with van der Waals surface area (Å²) in [7, 11) is 1.53. The van der Waals surface area contributed by atoms with Gasteiger partial charge in [0.25, 0.3) is 11.8 Å². The molecule has 9 nitrogen and oxygen atoms in total. The van der Waals surface area contributed by atoms with Crippen molar-refractivity contribution in [3.63, 3.8) is 0 Å². The molecule has 5 aromatic rings. The fourth-order valence-corrected chi connectivity index (χ4v) is 5.90. The summed E-state index contributed by atoms with van der Waals surface area (Å²) in [5.41, 5.74) is 3.48. The molecule has 0 aromatic heterocycles. The molecule has 0 saturated carbocycles. The number of carbonyl (C=O) groups excluding carboxylic acids is 4. The molecule has 49 heavy (non-hydrogen) atoms. The number of para-hydroxylation sites is 1. The quantitative estimate of drug-likeness (QED) is 0.0803. The molecule has 10 heteroatoms. The summed E-state index contributed by atoms with van der Waals surface area (Å²) < 4.78 is 5.46. The van der Waals surface area contributed by atoms with Crippen LogP contribution < -0.4 is 26.0 Å². The fourth-order valence-electron chi connectivity index (χ4n) is 4.81. The van der Waals surface area contributed by atoms with Crippen molar-refractivity contribution in [2.24, 2.45) is 0 Å². The number of amides is 4. The molecule has 0 spiro atoms. The number of rotatable bonds is 12. The van der Waals surface area contributed by atoms with Crippen LogP contribution in [0, 0.1) is 0 Å². The van der Waals surface area contributed by atoms with Gasteiger partial charge in [-0.3, -0.25) is 19.2 Å². The van der Waals surface area contributed by atoms with Gasteiger partial charge < -0.3 is 26.0 Å². The fraction of sp³-hybridized carbons (Fsp3) is 0.0769. The number of hydrogen-bond donors (Lipinski definition) is 4. The van der Waals surface area contributed by atoms with Crippen LogP contribution in [0.4, 0.5) is 17.1 Å². The predicted octanol–water partition coefficient (Wildman–Crippen LogP) is 7.54. The van der Waals surface area contributed by atoms with Crippen LogP contribution >= 0.6 is 11.8 Å². The van der Waals surface area contributed by atoms with Crippen molar-refractivity contribution >= 4 is 58.5 Å². The maximum atomic E-state index is 13.7. The zero-order valence-electron chi connectivity index (χ0n) is 26.8. The predicted molar refractivity (Wildman–Crippen MR) is 194 cm³/mol. The molecule has 5 rings (SSSR count). The molecule has 0 radical (unpaired) electrons. The summed E-state index contributed by atoms with van der Waals surface area (Å²) in [5, 5.41) is 10.7. The van der Waals surface area contributed by atoms with Crippen LogP contribution in [0.5, 0.6) is 5.75 Å². The zero-order chi connectivity index (χ0) is 34.6. The zero-order valence-corrected chi connectivity index (χ0v) is 27.6. The topological polar surface area (TPSA) is 126 Å². The molecule has 0 fully saturated rings. The highest BCUT2D eigenvalue weighted by Gasteiger charge is 2.23. The van der Waals surface area contributed by atoms with Crippen LogP contribution in [0.15, 0.2) is 144 Å². The van der Waals surface area contributed by atoms with Gasteiger partial charge in [-0.25, -0.2) is 0 Å². The third kappa shape index (κ3) is 9.69. The van der Waals surface area contributed by atoms with Gasteiger partial charge >= 0.3 is 0 Å². The normalized spacial score (nSPS) is 11.5. The Kier molecular flexibility index (Phi) is 11.6. The lowest BCUT2D eigenvalue weighted by Crippen LogP contribution is -2.30. The first kappa shape index (κ1) is 34.2. The van der Waals surface area contributed by atoms with E-state index in [-0.39, 0.29) is 17.5 Å². The summed E-state index contributed by atoms with van der Waals surface area (Å²) in [5.74, 6) is -0.881. The summed E-state index contributed by atoms with van der Waals surface area (Å²) >= 11 is 1.32. The number of hydrogen-bond acceptors (Lipinski definition) is 6. The van der Waals surface area contributed by atoms with E-state index in [0.29, 0.717) is 33.9 Å². The van der Waals surface area contributed by atoms with E-state index >= 15 is 0 Å². The van der Waals surface area contributed by atoms with Gasteiger partial charge in [-0.05, 0) is 72.3 Å². The maximum Gasteiger partial charge on any atom is 0.272 e. The van der Waals surface area contributed by atoms with Gasteiger partial charge in [0.1, 0.15) is 16.7 Å². The van der Waals surface area contributed by atoms with Crippen molar-refractivity contribution < 1.29 is 23.9 Å². The second kappa shape index (κ2) is 16.6. The van der Waals surface area contributed by atoms with Gasteiger partial charge in [-0.15, -0.1) is 11.8 Å². The van der Waals surface area contributed by atoms with Gasteiger partial charge in [0.05, 0.1) is 7.11 Å². The average Bonchev–Trinajstić information content (AvgIpc) is 3.12. The Hall–Kier alpha value is -6.13. The largest absolute Gasteiger partial charge is 0.496 e. The Morgan fingerprint density at radius 1 is 0.673 bits per heavy atom. The average molecular weight is 671 g/mol. The number of nitrogens with one attached hydrogen (secondary N) is 4. The Balaban J connectivity index is 1.37. The van der Waals surface area contributed by atoms with Crippen molar-refractivity contribution in [1.29, 1.82) is 0 Å². The number of carbonyl (C=O) groups is 4. The molecule has 1 atom stereocenters.